The molecule has 108 valence electrons. The van der Waals surface area contributed by atoms with Crippen LogP contribution in [0.1, 0.15) is 18.1 Å². The van der Waals surface area contributed by atoms with E-state index < -0.39 is 0 Å². The van der Waals surface area contributed by atoms with E-state index in [9.17, 15) is 0 Å². The van der Waals surface area contributed by atoms with Gasteiger partial charge in [0.2, 0.25) is 0 Å². The standard InChI is InChI=1S/C15H26N2O2/c1-12(11-19-4)17(8-9-18-3)10-14-6-5-7-15(16)13(14)2/h5-7,12H,8-11,16H2,1-4H3. The highest BCUT2D eigenvalue weighted by Crippen LogP contribution is 2.18. The van der Waals surface area contributed by atoms with Gasteiger partial charge in [0, 0.05) is 39.0 Å². The van der Waals surface area contributed by atoms with Gasteiger partial charge in [0.15, 0.2) is 0 Å². The number of anilines is 1. The summed E-state index contributed by atoms with van der Waals surface area (Å²) in [6, 6.07) is 6.43. The molecule has 0 aliphatic rings. The Labute approximate surface area is 116 Å². The molecule has 0 aromatic heterocycles. The van der Waals surface area contributed by atoms with Crippen molar-refractivity contribution in [1.82, 2.24) is 4.90 Å². The van der Waals surface area contributed by atoms with Gasteiger partial charge in [0.25, 0.3) is 0 Å². The lowest BCUT2D eigenvalue weighted by atomic mass is 10.1. The minimum atomic E-state index is 0.348. The van der Waals surface area contributed by atoms with E-state index in [0.717, 1.165) is 30.9 Å². The average molecular weight is 266 g/mol. The number of hydrogen-bond donors (Lipinski definition) is 1. The molecular weight excluding hydrogens is 240 g/mol. The molecule has 2 N–H and O–H groups in total. The van der Waals surface area contributed by atoms with Crippen molar-refractivity contribution in [2.75, 3.05) is 39.7 Å². The van der Waals surface area contributed by atoms with Gasteiger partial charge in [-0.05, 0) is 31.0 Å². The summed E-state index contributed by atoms with van der Waals surface area (Å²) in [4.78, 5) is 2.36. The summed E-state index contributed by atoms with van der Waals surface area (Å²) >= 11 is 0. The van der Waals surface area contributed by atoms with Gasteiger partial charge in [0.1, 0.15) is 0 Å². The van der Waals surface area contributed by atoms with Crippen LogP contribution in [-0.2, 0) is 16.0 Å². The van der Waals surface area contributed by atoms with Crippen LogP contribution in [0.4, 0.5) is 5.69 Å². The number of nitrogen functional groups attached to an aromatic ring is 1. The summed E-state index contributed by atoms with van der Waals surface area (Å²) in [5.74, 6) is 0. The third-order valence-corrected chi connectivity index (χ3v) is 3.48. The molecule has 0 aliphatic carbocycles. The van der Waals surface area contributed by atoms with Crippen LogP contribution < -0.4 is 5.73 Å². The predicted octanol–water partition coefficient (Wildman–Crippen LogP) is 2.06. The average Bonchev–Trinajstić information content (AvgIpc) is 2.39. The van der Waals surface area contributed by atoms with Crippen LogP contribution in [0.5, 0.6) is 0 Å². The molecule has 4 heteroatoms. The zero-order valence-corrected chi connectivity index (χ0v) is 12.5. The minimum absolute atomic E-state index is 0.348. The van der Waals surface area contributed by atoms with E-state index in [2.05, 4.69) is 24.8 Å². The largest absolute Gasteiger partial charge is 0.399 e. The highest BCUT2D eigenvalue weighted by Gasteiger charge is 2.15. The lowest BCUT2D eigenvalue weighted by molar-refractivity contribution is 0.0704. The first-order valence-corrected chi connectivity index (χ1v) is 6.66. The third-order valence-electron chi connectivity index (χ3n) is 3.48. The first-order valence-electron chi connectivity index (χ1n) is 6.66. The van der Waals surface area contributed by atoms with E-state index in [1.54, 1.807) is 14.2 Å². The van der Waals surface area contributed by atoms with Crippen molar-refractivity contribution in [3.63, 3.8) is 0 Å². The number of rotatable bonds is 8. The van der Waals surface area contributed by atoms with E-state index >= 15 is 0 Å². The van der Waals surface area contributed by atoms with Gasteiger partial charge in [-0.15, -0.1) is 0 Å². The molecule has 1 aromatic carbocycles. The molecule has 19 heavy (non-hydrogen) atoms. The van der Waals surface area contributed by atoms with Crippen LogP contribution in [0.15, 0.2) is 18.2 Å². The van der Waals surface area contributed by atoms with E-state index in [1.165, 1.54) is 5.56 Å². The van der Waals surface area contributed by atoms with Gasteiger partial charge in [0.05, 0.1) is 13.2 Å². The van der Waals surface area contributed by atoms with Gasteiger partial charge in [-0.25, -0.2) is 0 Å². The molecule has 0 heterocycles. The maximum absolute atomic E-state index is 5.96. The van der Waals surface area contributed by atoms with Crippen molar-refractivity contribution in [1.29, 1.82) is 0 Å². The second-order valence-corrected chi connectivity index (χ2v) is 4.90. The monoisotopic (exact) mass is 266 g/mol. The molecule has 1 atom stereocenters. The zero-order valence-electron chi connectivity index (χ0n) is 12.5. The Morgan fingerprint density at radius 3 is 2.63 bits per heavy atom. The molecule has 0 amide bonds. The Bertz CT molecular complexity index is 382. The van der Waals surface area contributed by atoms with Crippen molar-refractivity contribution < 1.29 is 9.47 Å². The fourth-order valence-corrected chi connectivity index (χ4v) is 2.10. The number of nitrogens with two attached hydrogens (primary N) is 1. The molecule has 4 nitrogen and oxygen atoms in total. The fourth-order valence-electron chi connectivity index (χ4n) is 2.10. The highest BCUT2D eigenvalue weighted by molar-refractivity contribution is 5.49. The van der Waals surface area contributed by atoms with Gasteiger partial charge in [-0.2, -0.15) is 0 Å². The normalized spacial score (nSPS) is 12.9. The maximum Gasteiger partial charge on any atom is 0.0615 e. The van der Waals surface area contributed by atoms with E-state index in [-0.39, 0.29) is 0 Å². The van der Waals surface area contributed by atoms with Gasteiger partial charge < -0.3 is 15.2 Å². The summed E-state index contributed by atoms with van der Waals surface area (Å²) in [6.07, 6.45) is 0. The van der Waals surface area contributed by atoms with Gasteiger partial charge in [-0.3, -0.25) is 4.90 Å². The quantitative estimate of drug-likeness (QED) is 0.732. The third kappa shape index (κ3) is 4.82. The maximum atomic E-state index is 5.96. The Morgan fingerprint density at radius 1 is 1.26 bits per heavy atom. The molecule has 1 unspecified atom stereocenters. The second-order valence-electron chi connectivity index (χ2n) is 4.90. The number of nitrogens with zero attached hydrogens (tertiary/aromatic N) is 1. The van der Waals surface area contributed by atoms with E-state index in [1.807, 2.05) is 12.1 Å². The van der Waals surface area contributed by atoms with Crippen molar-refractivity contribution >= 4 is 5.69 Å². The minimum Gasteiger partial charge on any atom is -0.399 e. The van der Waals surface area contributed by atoms with E-state index in [0.29, 0.717) is 12.6 Å². The SMILES string of the molecule is COCCN(Cc1cccc(N)c1C)C(C)COC. The Hall–Kier alpha value is -1.10. The fraction of sp³-hybridized carbons (Fsp3) is 0.600. The van der Waals surface area contributed by atoms with Gasteiger partial charge >= 0.3 is 0 Å². The van der Waals surface area contributed by atoms with Crippen LogP contribution in [0.3, 0.4) is 0 Å². The molecule has 0 bridgehead atoms. The lowest BCUT2D eigenvalue weighted by Crippen LogP contribution is -2.38. The number of hydrogen-bond acceptors (Lipinski definition) is 4. The zero-order chi connectivity index (χ0) is 14.3. The number of methoxy groups -OCH3 is 2. The first-order chi connectivity index (χ1) is 9.10. The lowest BCUT2D eigenvalue weighted by Gasteiger charge is -2.29. The molecule has 0 radical (unpaired) electrons. The smallest absolute Gasteiger partial charge is 0.0615 e. The second kappa shape index (κ2) is 8.15. The molecule has 0 fully saturated rings. The topological polar surface area (TPSA) is 47.7 Å². The summed E-state index contributed by atoms with van der Waals surface area (Å²) < 4.78 is 10.4. The summed E-state index contributed by atoms with van der Waals surface area (Å²) in [7, 11) is 3.46. The Morgan fingerprint density at radius 2 is 2.00 bits per heavy atom. The number of ether oxygens (including phenoxy) is 2. The highest BCUT2D eigenvalue weighted by atomic mass is 16.5. The van der Waals surface area contributed by atoms with Crippen LogP contribution in [0.2, 0.25) is 0 Å². The Balaban J connectivity index is 2.78. The van der Waals surface area contributed by atoms with Gasteiger partial charge in [-0.1, -0.05) is 12.1 Å². The molecule has 0 aliphatic heterocycles. The van der Waals surface area contributed by atoms with Crippen LogP contribution in [0.25, 0.3) is 0 Å². The molecule has 0 saturated heterocycles. The van der Waals surface area contributed by atoms with Crippen molar-refractivity contribution in [2.24, 2.45) is 0 Å². The number of benzene rings is 1. The summed E-state index contributed by atoms with van der Waals surface area (Å²) in [5, 5.41) is 0. The van der Waals surface area contributed by atoms with Crippen molar-refractivity contribution in [2.45, 2.75) is 26.4 Å². The van der Waals surface area contributed by atoms with Crippen LogP contribution >= 0.6 is 0 Å². The van der Waals surface area contributed by atoms with Crippen LogP contribution in [-0.4, -0.2) is 44.9 Å². The van der Waals surface area contributed by atoms with E-state index in [4.69, 9.17) is 15.2 Å². The predicted molar refractivity (Wildman–Crippen MR) is 79.2 cm³/mol. The van der Waals surface area contributed by atoms with Crippen molar-refractivity contribution in [3.8, 4) is 0 Å². The molecule has 1 aromatic rings. The summed E-state index contributed by atoms with van der Waals surface area (Å²) in [6.45, 7) is 7.42. The summed E-state index contributed by atoms with van der Waals surface area (Å²) in [5.41, 5.74) is 9.24. The molecule has 0 saturated carbocycles. The molecule has 1 rings (SSSR count). The Kier molecular flexibility index (Phi) is 6.84. The molecular formula is C15H26N2O2. The first kappa shape index (κ1) is 16.0. The van der Waals surface area contributed by atoms with Crippen molar-refractivity contribution in [3.05, 3.63) is 29.3 Å². The molecule has 0 spiro atoms. The van der Waals surface area contributed by atoms with Crippen LogP contribution in [0, 0.1) is 6.92 Å².